The molecule has 20 heavy (non-hydrogen) atoms. The summed E-state index contributed by atoms with van der Waals surface area (Å²) >= 11 is 6.19. The SMILES string of the molecule is Oc1c(/N=N/c2ccncc2)cc(Cl)c2ccccc12. The molecular weight excluding hydrogens is 274 g/mol. The maximum Gasteiger partial charge on any atom is 0.151 e. The van der Waals surface area contributed by atoms with Gasteiger partial charge in [-0.3, -0.25) is 4.98 Å². The van der Waals surface area contributed by atoms with Gasteiger partial charge in [0.15, 0.2) is 5.75 Å². The maximum absolute atomic E-state index is 10.2. The van der Waals surface area contributed by atoms with E-state index in [1.807, 2.05) is 18.2 Å². The van der Waals surface area contributed by atoms with Crippen LogP contribution in [0.1, 0.15) is 0 Å². The van der Waals surface area contributed by atoms with Gasteiger partial charge >= 0.3 is 0 Å². The average Bonchev–Trinajstić information content (AvgIpc) is 2.50. The van der Waals surface area contributed by atoms with Crippen LogP contribution in [0.5, 0.6) is 5.75 Å². The van der Waals surface area contributed by atoms with Gasteiger partial charge in [-0.05, 0) is 18.2 Å². The minimum absolute atomic E-state index is 0.0720. The summed E-state index contributed by atoms with van der Waals surface area (Å²) in [5.41, 5.74) is 0.995. The van der Waals surface area contributed by atoms with Gasteiger partial charge in [0.05, 0.1) is 10.7 Å². The molecule has 5 heteroatoms. The highest BCUT2D eigenvalue weighted by molar-refractivity contribution is 6.36. The van der Waals surface area contributed by atoms with E-state index in [1.54, 1.807) is 36.7 Å². The number of fused-ring (bicyclic) bond motifs is 1. The summed E-state index contributed by atoms with van der Waals surface area (Å²) in [4.78, 5) is 3.90. The van der Waals surface area contributed by atoms with Gasteiger partial charge in [-0.25, -0.2) is 0 Å². The molecule has 2 aromatic carbocycles. The highest BCUT2D eigenvalue weighted by Gasteiger charge is 2.09. The molecule has 0 aliphatic carbocycles. The fourth-order valence-corrected chi connectivity index (χ4v) is 2.17. The molecule has 0 spiro atoms. The van der Waals surface area contributed by atoms with Crippen molar-refractivity contribution >= 4 is 33.7 Å². The first-order valence-corrected chi connectivity index (χ1v) is 6.35. The molecule has 0 unspecified atom stereocenters. The summed E-state index contributed by atoms with van der Waals surface area (Å²) in [6.07, 6.45) is 3.25. The Bertz CT molecular complexity index is 788. The molecule has 1 heterocycles. The molecule has 0 radical (unpaired) electrons. The number of hydrogen-bond acceptors (Lipinski definition) is 4. The number of aromatic hydroxyl groups is 1. The van der Waals surface area contributed by atoms with Gasteiger partial charge in [0, 0.05) is 23.2 Å². The first-order valence-electron chi connectivity index (χ1n) is 5.97. The number of azo groups is 1. The zero-order valence-corrected chi connectivity index (χ0v) is 11.1. The molecule has 1 N–H and O–H groups in total. The van der Waals surface area contributed by atoms with E-state index in [-0.39, 0.29) is 5.75 Å². The van der Waals surface area contributed by atoms with Gasteiger partial charge in [0.25, 0.3) is 0 Å². The topological polar surface area (TPSA) is 57.8 Å². The Balaban J connectivity index is 2.09. The lowest BCUT2D eigenvalue weighted by Crippen LogP contribution is -1.77. The minimum Gasteiger partial charge on any atom is -0.505 e. The molecule has 1 aromatic heterocycles. The van der Waals surface area contributed by atoms with E-state index in [2.05, 4.69) is 15.2 Å². The third-order valence-electron chi connectivity index (χ3n) is 2.88. The predicted molar refractivity (Wildman–Crippen MR) is 79.0 cm³/mol. The Kier molecular flexibility index (Phi) is 3.31. The fraction of sp³-hybridized carbons (Fsp3) is 0. The van der Waals surface area contributed by atoms with Crippen LogP contribution in [0.25, 0.3) is 10.8 Å². The van der Waals surface area contributed by atoms with Crippen LogP contribution in [0.15, 0.2) is 65.1 Å². The van der Waals surface area contributed by atoms with Gasteiger partial charge in [0.2, 0.25) is 0 Å². The van der Waals surface area contributed by atoms with Crippen molar-refractivity contribution in [2.75, 3.05) is 0 Å². The van der Waals surface area contributed by atoms with E-state index in [4.69, 9.17) is 11.6 Å². The van der Waals surface area contributed by atoms with Crippen LogP contribution in [0.4, 0.5) is 11.4 Å². The van der Waals surface area contributed by atoms with Crippen molar-refractivity contribution in [2.24, 2.45) is 10.2 Å². The molecule has 0 saturated carbocycles. The lowest BCUT2D eigenvalue weighted by atomic mass is 10.1. The predicted octanol–water partition coefficient (Wildman–Crippen LogP) is 5.01. The fourth-order valence-electron chi connectivity index (χ4n) is 1.90. The number of halogens is 1. The van der Waals surface area contributed by atoms with Crippen LogP contribution in [0, 0.1) is 0 Å². The minimum atomic E-state index is 0.0720. The van der Waals surface area contributed by atoms with Crippen LogP contribution < -0.4 is 0 Å². The van der Waals surface area contributed by atoms with Gasteiger partial charge < -0.3 is 5.11 Å². The molecule has 0 fully saturated rings. The maximum atomic E-state index is 10.2. The van der Waals surface area contributed by atoms with Crippen molar-refractivity contribution in [2.45, 2.75) is 0 Å². The van der Waals surface area contributed by atoms with Crippen molar-refractivity contribution < 1.29 is 5.11 Å². The number of nitrogens with zero attached hydrogens (tertiary/aromatic N) is 3. The zero-order chi connectivity index (χ0) is 13.9. The summed E-state index contributed by atoms with van der Waals surface area (Å²) in [6.45, 7) is 0. The highest BCUT2D eigenvalue weighted by atomic mass is 35.5. The largest absolute Gasteiger partial charge is 0.505 e. The van der Waals surface area contributed by atoms with E-state index in [0.717, 1.165) is 5.39 Å². The number of aromatic nitrogens is 1. The van der Waals surface area contributed by atoms with Crippen molar-refractivity contribution in [3.05, 3.63) is 59.9 Å². The van der Waals surface area contributed by atoms with Crippen molar-refractivity contribution in [1.82, 2.24) is 4.98 Å². The molecule has 0 aliphatic heterocycles. The first kappa shape index (κ1) is 12.6. The molecular formula is C15H10ClN3O. The van der Waals surface area contributed by atoms with Crippen molar-refractivity contribution in [3.8, 4) is 5.75 Å². The number of hydrogen-bond donors (Lipinski definition) is 1. The quantitative estimate of drug-likeness (QED) is 0.672. The van der Waals surface area contributed by atoms with E-state index in [1.165, 1.54) is 0 Å². The second-order valence-corrected chi connectivity index (χ2v) is 4.58. The van der Waals surface area contributed by atoms with Gasteiger partial charge in [-0.2, -0.15) is 5.11 Å². The lowest BCUT2D eigenvalue weighted by molar-refractivity contribution is 0.482. The number of rotatable bonds is 2. The third-order valence-corrected chi connectivity index (χ3v) is 3.19. The highest BCUT2D eigenvalue weighted by Crippen LogP contribution is 2.39. The summed E-state index contributed by atoms with van der Waals surface area (Å²) in [5.74, 6) is 0.0720. The van der Waals surface area contributed by atoms with Crippen LogP contribution in [0.3, 0.4) is 0 Å². The van der Waals surface area contributed by atoms with Crippen LogP contribution >= 0.6 is 11.6 Å². The van der Waals surface area contributed by atoms with E-state index in [0.29, 0.717) is 21.8 Å². The molecule has 0 atom stereocenters. The van der Waals surface area contributed by atoms with E-state index >= 15 is 0 Å². The van der Waals surface area contributed by atoms with Gasteiger partial charge in [0.1, 0.15) is 5.69 Å². The summed E-state index contributed by atoms with van der Waals surface area (Å²) < 4.78 is 0. The summed E-state index contributed by atoms with van der Waals surface area (Å²) in [5, 5.41) is 20.3. The Morgan fingerprint density at radius 3 is 2.40 bits per heavy atom. The third kappa shape index (κ3) is 2.33. The Labute approximate surface area is 120 Å². The Morgan fingerprint density at radius 2 is 1.65 bits per heavy atom. The first-order chi connectivity index (χ1) is 9.75. The number of phenolic OH excluding ortho intramolecular Hbond substituents is 1. The van der Waals surface area contributed by atoms with Crippen LogP contribution in [-0.4, -0.2) is 10.1 Å². The van der Waals surface area contributed by atoms with Crippen LogP contribution in [0.2, 0.25) is 5.02 Å². The molecule has 0 aliphatic rings. The zero-order valence-electron chi connectivity index (χ0n) is 10.4. The molecule has 98 valence electrons. The van der Waals surface area contributed by atoms with E-state index < -0.39 is 0 Å². The van der Waals surface area contributed by atoms with Crippen LogP contribution in [-0.2, 0) is 0 Å². The Morgan fingerprint density at radius 1 is 0.950 bits per heavy atom. The Hall–Kier alpha value is -2.46. The van der Waals surface area contributed by atoms with Gasteiger partial charge in [-0.1, -0.05) is 35.9 Å². The molecule has 3 rings (SSSR count). The molecule has 3 aromatic rings. The second kappa shape index (κ2) is 5.27. The van der Waals surface area contributed by atoms with Crippen molar-refractivity contribution in [1.29, 1.82) is 0 Å². The molecule has 4 nitrogen and oxygen atoms in total. The smallest absolute Gasteiger partial charge is 0.151 e. The number of benzene rings is 2. The number of pyridine rings is 1. The molecule has 0 amide bonds. The molecule has 0 bridgehead atoms. The average molecular weight is 284 g/mol. The van der Waals surface area contributed by atoms with E-state index in [9.17, 15) is 5.11 Å². The normalized spacial score (nSPS) is 11.2. The van der Waals surface area contributed by atoms with Crippen molar-refractivity contribution in [3.63, 3.8) is 0 Å². The second-order valence-electron chi connectivity index (χ2n) is 4.18. The monoisotopic (exact) mass is 283 g/mol. The number of phenols is 1. The lowest BCUT2D eigenvalue weighted by Gasteiger charge is -2.05. The van der Waals surface area contributed by atoms with Gasteiger partial charge in [-0.15, -0.1) is 5.11 Å². The summed E-state index contributed by atoms with van der Waals surface area (Å²) in [6, 6.07) is 12.4. The summed E-state index contributed by atoms with van der Waals surface area (Å²) in [7, 11) is 0. The molecule has 0 saturated heterocycles. The standard InChI is InChI=1S/C15H10ClN3O/c16-13-9-14(19-18-10-5-7-17-8-6-10)15(20)12-4-2-1-3-11(12)13/h1-9,20H/b19-18+.